The summed E-state index contributed by atoms with van der Waals surface area (Å²) in [6, 6.07) is 20.5. The van der Waals surface area contributed by atoms with Gasteiger partial charge in [0.05, 0.1) is 0 Å². The molecule has 3 aromatic rings. The fourth-order valence-corrected chi connectivity index (χ4v) is 3.27. The van der Waals surface area contributed by atoms with Gasteiger partial charge in [-0.15, -0.1) is 0 Å². The second kappa shape index (κ2) is 10.8. The Bertz CT molecular complexity index is 1050. The molecular weight excluding hydrogens is 384 g/mol. The maximum Gasteiger partial charge on any atom is 0.138 e. The van der Waals surface area contributed by atoms with Crippen LogP contribution in [0, 0.1) is 11.3 Å². The number of aliphatic hydroxyl groups is 1. The van der Waals surface area contributed by atoms with Crippen molar-refractivity contribution in [3.63, 3.8) is 0 Å². The number of nitriles is 1. The molecule has 0 aliphatic rings. The number of hydrogen-bond donors (Lipinski definition) is 1. The summed E-state index contributed by atoms with van der Waals surface area (Å²) in [5.74, 6) is 0.543. The molecule has 0 radical (unpaired) electrons. The first-order chi connectivity index (χ1) is 14.8. The van der Waals surface area contributed by atoms with Crippen molar-refractivity contribution in [2.45, 2.75) is 46.1 Å². The number of hydrogen-bond acceptors (Lipinski definition) is 4. The van der Waals surface area contributed by atoms with Gasteiger partial charge in [0.25, 0.3) is 0 Å². The fourth-order valence-electron chi connectivity index (χ4n) is 3.27. The average molecular weight is 419 g/mol. The zero-order valence-corrected chi connectivity index (χ0v) is 19.6. The van der Waals surface area contributed by atoms with Crippen LogP contribution in [-0.2, 0) is 0 Å². The molecule has 0 bridgehead atoms. The summed E-state index contributed by atoms with van der Waals surface area (Å²) in [5.41, 5.74) is 2.94. The van der Waals surface area contributed by atoms with Gasteiger partial charge in [-0.1, -0.05) is 50.6 Å². The summed E-state index contributed by atoms with van der Waals surface area (Å²) in [6.45, 7) is 8.11. The van der Waals surface area contributed by atoms with E-state index in [1.54, 1.807) is 0 Å². The standard InChI is InChI=1S/C24H26N2O2.C3H8/c1-24(2,12-13-27)28-23-7-5-6-21(22(23)16-25)19-9-8-18-15-20(26(3)4)11-10-17(18)14-19;1-3-2/h5-11,14-15,27H,12-13H2,1-4H3;3H2,1-2H3. The topological polar surface area (TPSA) is 56.5 Å². The van der Waals surface area contributed by atoms with Crippen molar-refractivity contribution >= 4 is 16.5 Å². The number of rotatable bonds is 6. The Morgan fingerprint density at radius 3 is 2.26 bits per heavy atom. The third-order valence-corrected chi connectivity index (χ3v) is 4.89. The molecule has 164 valence electrons. The molecule has 1 N–H and O–H groups in total. The monoisotopic (exact) mass is 418 g/mol. The van der Waals surface area contributed by atoms with Crippen LogP contribution in [0.25, 0.3) is 21.9 Å². The lowest BCUT2D eigenvalue weighted by Gasteiger charge is -2.26. The Hall–Kier alpha value is -3.03. The van der Waals surface area contributed by atoms with E-state index < -0.39 is 5.60 Å². The van der Waals surface area contributed by atoms with Gasteiger partial charge >= 0.3 is 0 Å². The molecule has 0 fully saturated rings. The molecule has 0 aliphatic heterocycles. The number of ether oxygens (including phenoxy) is 1. The second-order valence-electron chi connectivity index (χ2n) is 8.47. The minimum atomic E-state index is -0.551. The summed E-state index contributed by atoms with van der Waals surface area (Å²) >= 11 is 0. The van der Waals surface area contributed by atoms with E-state index in [4.69, 9.17) is 4.74 Å². The number of nitrogens with zero attached hydrogens (tertiary/aromatic N) is 2. The van der Waals surface area contributed by atoms with E-state index >= 15 is 0 Å². The highest BCUT2D eigenvalue weighted by molar-refractivity contribution is 5.90. The van der Waals surface area contributed by atoms with Gasteiger partial charge in [-0.3, -0.25) is 0 Å². The first-order valence-corrected chi connectivity index (χ1v) is 10.8. The average Bonchev–Trinajstić information content (AvgIpc) is 2.73. The van der Waals surface area contributed by atoms with Gasteiger partial charge in [-0.2, -0.15) is 5.26 Å². The molecule has 0 saturated carbocycles. The molecule has 4 nitrogen and oxygen atoms in total. The van der Waals surface area contributed by atoms with E-state index in [2.05, 4.69) is 55.1 Å². The molecule has 4 heteroatoms. The number of anilines is 1. The largest absolute Gasteiger partial charge is 0.486 e. The Morgan fingerprint density at radius 1 is 1.00 bits per heavy atom. The van der Waals surface area contributed by atoms with Crippen LogP contribution in [0.15, 0.2) is 54.6 Å². The van der Waals surface area contributed by atoms with Crippen molar-refractivity contribution in [3.8, 4) is 22.9 Å². The molecule has 31 heavy (non-hydrogen) atoms. The van der Waals surface area contributed by atoms with Crippen molar-refractivity contribution < 1.29 is 9.84 Å². The molecule has 3 aromatic carbocycles. The summed E-state index contributed by atoms with van der Waals surface area (Å²) in [5, 5.41) is 21.3. The summed E-state index contributed by atoms with van der Waals surface area (Å²) in [6.07, 6.45) is 1.74. The van der Waals surface area contributed by atoms with E-state index in [0.29, 0.717) is 17.7 Å². The fraction of sp³-hybridized carbons (Fsp3) is 0.370. The molecule has 0 unspecified atom stereocenters. The van der Waals surface area contributed by atoms with Crippen LogP contribution in [0.2, 0.25) is 0 Å². The van der Waals surface area contributed by atoms with Crippen LogP contribution in [0.1, 0.15) is 46.1 Å². The van der Waals surface area contributed by atoms with Crippen molar-refractivity contribution in [2.24, 2.45) is 0 Å². The number of benzene rings is 3. The Labute approximate surface area is 186 Å². The number of fused-ring (bicyclic) bond motifs is 1. The molecule has 0 amide bonds. The van der Waals surface area contributed by atoms with Crippen LogP contribution in [0.4, 0.5) is 5.69 Å². The van der Waals surface area contributed by atoms with Crippen molar-refractivity contribution in [1.82, 2.24) is 0 Å². The van der Waals surface area contributed by atoms with Crippen LogP contribution in [0.3, 0.4) is 0 Å². The smallest absolute Gasteiger partial charge is 0.138 e. The van der Waals surface area contributed by atoms with Crippen molar-refractivity contribution in [1.29, 1.82) is 5.26 Å². The first kappa shape index (κ1) is 24.2. The van der Waals surface area contributed by atoms with Gasteiger partial charge < -0.3 is 14.7 Å². The van der Waals surface area contributed by atoms with Gasteiger partial charge in [0.1, 0.15) is 23.0 Å². The molecule has 3 rings (SSSR count). The molecule has 0 atom stereocenters. The zero-order valence-electron chi connectivity index (χ0n) is 19.6. The lowest BCUT2D eigenvalue weighted by atomic mass is 9.96. The van der Waals surface area contributed by atoms with Gasteiger partial charge in [0.15, 0.2) is 0 Å². The summed E-state index contributed by atoms with van der Waals surface area (Å²) in [4.78, 5) is 2.08. The highest BCUT2D eigenvalue weighted by Gasteiger charge is 2.22. The van der Waals surface area contributed by atoms with Crippen LogP contribution < -0.4 is 9.64 Å². The predicted molar refractivity (Wildman–Crippen MR) is 131 cm³/mol. The van der Waals surface area contributed by atoms with E-state index in [0.717, 1.165) is 27.6 Å². The van der Waals surface area contributed by atoms with Crippen molar-refractivity contribution in [3.05, 3.63) is 60.2 Å². The van der Waals surface area contributed by atoms with Gasteiger partial charge in [-0.25, -0.2) is 0 Å². The summed E-state index contributed by atoms with van der Waals surface area (Å²) < 4.78 is 6.07. The van der Waals surface area contributed by atoms with E-state index in [1.807, 2.05) is 52.2 Å². The Morgan fingerprint density at radius 2 is 1.65 bits per heavy atom. The highest BCUT2D eigenvalue weighted by Crippen LogP contribution is 2.34. The highest BCUT2D eigenvalue weighted by atomic mass is 16.5. The molecule has 0 spiro atoms. The molecule has 0 heterocycles. The lowest BCUT2D eigenvalue weighted by Crippen LogP contribution is -2.29. The molecule has 0 saturated heterocycles. The summed E-state index contributed by atoms with van der Waals surface area (Å²) in [7, 11) is 4.05. The van der Waals surface area contributed by atoms with Gasteiger partial charge in [0.2, 0.25) is 0 Å². The molecule has 0 aliphatic carbocycles. The minimum absolute atomic E-state index is 0.0359. The second-order valence-corrected chi connectivity index (χ2v) is 8.47. The van der Waals surface area contributed by atoms with Gasteiger partial charge in [0, 0.05) is 38.4 Å². The maximum atomic E-state index is 9.81. The van der Waals surface area contributed by atoms with Crippen LogP contribution in [-0.4, -0.2) is 31.4 Å². The van der Waals surface area contributed by atoms with Crippen LogP contribution in [0.5, 0.6) is 5.75 Å². The van der Waals surface area contributed by atoms with Crippen LogP contribution >= 0.6 is 0 Å². The normalized spacial score (nSPS) is 10.8. The maximum absolute atomic E-state index is 9.81. The quantitative estimate of drug-likeness (QED) is 0.503. The Kier molecular flexibility index (Phi) is 8.47. The number of aliphatic hydroxyl groups excluding tert-OH is 1. The Balaban J connectivity index is 0.00000107. The third-order valence-electron chi connectivity index (χ3n) is 4.89. The van der Waals surface area contributed by atoms with Gasteiger partial charge in [-0.05, 0) is 54.4 Å². The lowest BCUT2D eigenvalue weighted by molar-refractivity contribution is 0.0762. The van der Waals surface area contributed by atoms with E-state index in [9.17, 15) is 10.4 Å². The third kappa shape index (κ3) is 6.23. The van der Waals surface area contributed by atoms with Crippen molar-refractivity contribution in [2.75, 3.05) is 25.6 Å². The first-order valence-electron chi connectivity index (χ1n) is 10.8. The predicted octanol–water partition coefficient (Wildman–Crippen LogP) is 6.40. The minimum Gasteiger partial charge on any atom is -0.486 e. The SMILES string of the molecule is CCC.CN(C)c1ccc2cc(-c3cccc(OC(C)(C)CCO)c3C#N)ccc2c1. The van der Waals surface area contributed by atoms with E-state index in [-0.39, 0.29) is 6.61 Å². The molecular formula is C27H34N2O2. The van der Waals surface area contributed by atoms with E-state index in [1.165, 1.54) is 6.42 Å². The zero-order chi connectivity index (χ0) is 23.0. The molecule has 0 aromatic heterocycles.